The first-order chi connectivity index (χ1) is 12.3. The van der Waals surface area contributed by atoms with Crippen LogP contribution in [0.1, 0.15) is 45.5 Å². The molecule has 0 amide bonds. The Morgan fingerprint density at radius 2 is 1.81 bits per heavy atom. The summed E-state index contributed by atoms with van der Waals surface area (Å²) in [5.41, 5.74) is 1.49. The molecule has 26 heavy (non-hydrogen) atoms. The number of rotatable bonds is 3. The molecule has 2 aliphatic rings. The van der Waals surface area contributed by atoms with Gasteiger partial charge in [0.05, 0.1) is 23.1 Å². The van der Waals surface area contributed by atoms with Gasteiger partial charge in [-0.1, -0.05) is 24.3 Å². The molecule has 0 spiro atoms. The summed E-state index contributed by atoms with van der Waals surface area (Å²) in [6.07, 6.45) is 5.59. The maximum absolute atomic E-state index is 14.6. The van der Waals surface area contributed by atoms with E-state index in [1.54, 1.807) is 0 Å². The third-order valence-corrected chi connectivity index (χ3v) is 5.71. The number of hydrogen-bond donors (Lipinski definition) is 0. The third kappa shape index (κ3) is 2.91. The Morgan fingerprint density at radius 1 is 1.15 bits per heavy atom. The van der Waals surface area contributed by atoms with Gasteiger partial charge >= 0.3 is 7.12 Å². The average molecular weight is 354 g/mol. The van der Waals surface area contributed by atoms with Crippen molar-refractivity contribution in [3.63, 3.8) is 0 Å². The standard InChI is InChI=1S/C20H24BFN2O2/c1-19(2)20(3,4)26-21(25-19)17(22)12-14-7-9-15(10-8-14)16-13-23-18-6-5-11-24(16)18/h7-10,12-13H,5-6,11H2,1-4H3. The SMILES string of the molecule is CC1(C)OB(C(F)=Cc2ccc(-c3cnc4n3CCC4)cc2)OC1(C)C. The Labute approximate surface area is 154 Å². The molecule has 4 nitrogen and oxygen atoms in total. The third-order valence-electron chi connectivity index (χ3n) is 5.71. The number of hydrogen-bond acceptors (Lipinski definition) is 3. The molecule has 1 saturated heterocycles. The van der Waals surface area contributed by atoms with Crippen molar-refractivity contribution in [1.82, 2.24) is 9.55 Å². The number of nitrogens with zero attached hydrogens (tertiary/aromatic N) is 2. The second-order valence-electron chi connectivity index (χ2n) is 8.05. The largest absolute Gasteiger partial charge is 0.525 e. The van der Waals surface area contributed by atoms with E-state index < -0.39 is 24.0 Å². The minimum absolute atomic E-state index is 0.415. The van der Waals surface area contributed by atoms with Crippen molar-refractivity contribution in [3.8, 4) is 11.3 Å². The molecule has 0 saturated carbocycles. The highest BCUT2D eigenvalue weighted by Gasteiger charge is 2.53. The Bertz CT molecular complexity index is 839. The lowest BCUT2D eigenvalue weighted by atomic mass is 9.86. The molecule has 1 aromatic carbocycles. The van der Waals surface area contributed by atoms with Crippen LogP contribution in [-0.2, 0) is 22.3 Å². The number of fused-ring (bicyclic) bond motifs is 1. The van der Waals surface area contributed by atoms with E-state index in [2.05, 4.69) is 9.55 Å². The fourth-order valence-corrected chi connectivity index (χ4v) is 3.42. The number of halogens is 1. The topological polar surface area (TPSA) is 36.3 Å². The molecule has 0 unspecified atom stereocenters. The second kappa shape index (κ2) is 6.07. The summed E-state index contributed by atoms with van der Waals surface area (Å²) < 4.78 is 28.4. The molecule has 0 aliphatic carbocycles. The molecule has 4 rings (SSSR count). The van der Waals surface area contributed by atoms with Crippen LogP contribution in [0.3, 0.4) is 0 Å². The Kier molecular flexibility index (Phi) is 4.08. The summed E-state index contributed by atoms with van der Waals surface area (Å²) in [5.74, 6) is 1.15. The van der Waals surface area contributed by atoms with Gasteiger partial charge < -0.3 is 13.9 Å². The van der Waals surface area contributed by atoms with Gasteiger partial charge in [-0.2, -0.15) is 0 Å². The Balaban J connectivity index is 1.53. The smallest absolute Gasteiger partial charge is 0.398 e. The quantitative estimate of drug-likeness (QED) is 0.765. The molecule has 0 radical (unpaired) electrons. The average Bonchev–Trinajstić information content (AvgIpc) is 3.22. The second-order valence-corrected chi connectivity index (χ2v) is 8.05. The van der Waals surface area contributed by atoms with Gasteiger partial charge in [0.1, 0.15) is 11.6 Å². The van der Waals surface area contributed by atoms with E-state index in [0.717, 1.165) is 42.0 Å². The lowest BCUT2D eigenvalue weighted by Crippen LogP contribution is -2.41. The highest BCUT2D eigenvalue weighted by Crippen LogP contribution is 2.39. The van der Waals surface area contributed by atoms with Gasteiger partial charge in [-0.15, -0.1) is 0 Å². The van der Waals surface area contributed by atoms with Gasteiger partial charge in [-0.05, 0) is 51.3 Å². The van der Waals surface area contributed by atoms with Crippen molar-refractivity contribution in [3.05, 3.63) is 47.6 Å². The minimum Gasteiger partial charge on any atom is -0.398 e. The minimum atomic E-state index is -0.960. The van der Waals surface area contributed by atoms with Gasteiger partial charge in [0.2, 0.25) is 0 Å². The van der Waals surface area contributed by atoms with Gasteiger partial charge in [0, 0.05) is 13.0 Å². The van der Waals surface area contributed by atoms with Crippen molar-refractivity contribution < 1.29 is 13.7 Å². The molecule has 136 valence electrons. The predicted molar refractivity (Wildman–Crippen MR) is 101 cm³/mol. The van der Waals surface area contributed by atoms with Gasteiger partial charge in [-0.25, -0.2) is 9.37 Å². The van der Waals surface area contributed by atoms with Crippen molar-refractivity contribution in [2.75, 3.05) is 0 Å². The molecular formula is C20H24BFN2O2. The number of imidazole rings is 1. The zero-order valence-corrected chi connectivity index (χ0v) is 15.8. The highest BCUT2D eigenvalue weighted by atomic mass is 19.1. The van der Waals surface area contributed by atoms with Crippen LogP contribution in [-0.4, -0.2) is 27.9 Å². The molecule has 6 heteroatoms. The predicted octanol–water partition coefficient (Wildman–Crippen LogP) is 4.44. The molecule has 2 aliphatic heterocycles. The molecule has 0 atom stereocenters. The summed E-state index contributed by atoms with van der Waals surface area (Å²) in [4.78, 5) is 4.48. The van der Waals surface area contributed by atoms with Crippen molar-refractivity contribution in [2.45, 2.75) is 58.3 Å². The first-order valence-electron chi connectivity index (χ1n) is 9.14. The fraction of sp³-hybridized carbons (Fsp3) is 0.450. The van der Waals surface area contributed by atoms with Crippen LogP contribution in [0.5, 0.6) is 0 Å². The van der Waals surface area contributed by atoms with E-state index in [9.17, 15) is 4.39 Å². The van der Waals surface area contributed by atoms with Crippen molar-refractivity contribution >= 4 is 13.2 Å². The molecule has 3 heterocycles. The Morgan fingerprint density at radius 3 is 2.46 bits per heavy atom. The summed E-state index contributed by atoms with van der Waals surface area (Å²) >= 11 is 0. The van der Waals surface area contributed by atoms with E-state index in [0.29, 0.717) is 0 Å². The molecule has 2 aromatic rings. The molecule has 1 fully saturated rings. The molecular weight excluding hydrogens is 330 g/mol. The summed E-state index contributed by atoms with van der Waals surface area (Å²) in [6, 6.07) is 7.84. The molecule has 1 aromatic heterocycles. The van der Waals surface area contributed by atoms with E-state index in [1.807, 2.05) is 58.2 Å². The van der Waals surface area contributed by atoms with Crippen LogP contribution in [0.2, 0.25) is 0 Å². The zero-order chi connectivity index (χ0) is 18.5. The van der Waals surface area contributed by atoms with Gasteiger partial charge in [0.25, 0.3) is 0 Å². The van der Waals surface area contributed by atoms with E-state index >= 15 is 0 Å². The van der Waals surface area contributed by atoms with Crippen LogP contribution >= 0.6 is 0 Å². The zero-order valence-electron chi connectivity index (χ0n) is 15.8. The molecule has 0 N–H and O–H groups in total. The van der Waals surface area contributed by atoms with E-state index in [1.165, 1.54) is 6.08 Å². The lowest BCUT2D eigenvalue weighted by molar-refractivity contribution is 0.00578. The highest BCUT2D eigenvalue weighted by molar-refractivity contribution is 6.54. The van der Waals surface area contributed by atoms with Crippen molar-refractivity contribution in [1.29, 1.82) is 0 Å². The number of aryl methyl sites for hydroxylation is 1. The van der Waals surface area contributed by atoms with E-state index in [4.69, 9.17) is 9.31 Å². The summed E-state index contributed by atoms with van der Waals surface area (Å²) in [7, 11) is -0.960. The van der Waals surface area contributed by atoms with Crippen LogP contribution in [0.25, 0.3) is 17.3 Å². The fourth-order valence-electron chi connectivity index (χ4n) is 3.42. The van der Waals surface area contributed by atoms with E-state index in [-0.39, 0.29) is 0 Å². The number of aromatic nitrogens is 2. The van der Waals surface area contributed by atoms with Crippen LogP contribution in [0, 0.1) is 0 Å². The molecule has 0 bridgehead atoms. The monoisotopic (exact) mass is 354 g/mol. The number of benzene rings is 1. The van der Waals surface area contributed by atoms with Crippen LogP contribution < -0.4 is 0 Å². The maximum atomic E-state index is 14.6. The van der Waals surface area contributed by atoms with Crippen LogP contribution in [0.4, 0.5) is 4.39 Å². The van der Waals surface area contributed by atoms with Gasteiger partial charge in [0.15, 0.2) is 0 Å². The summed E-state index contributed by atoms with van der Waals surface area (Å²) in [5, 5.41) is 0. The van der Waals surface area contributed by atoms with Crippen LogP contribution in [0.15, 0.2) is 36.2 Å². The maximum Gasteiger partial charge on any atom is 0.525 e. The van der Waals surface area contributed by atoms with Crippen molar-refractivity contribution in [2.24, 2.45) is 0 Å². The Hall–Kier alpha value is -1.92. The first-order valence-corrected chi connectivity index (χ1v) is 9.14. The first kappa shape index (κ1) is 17.5. The van der Waals surface area contributed by atoms with Gasteiger partial charge in [-0.3, -0.25) is 0 Å². The summed E-state index contributed by atoms with van der Waals surface area (Å²) in [6.45, 7) is 8.68. The normalized spacial score (nSPS) is 21.3. The lowest BCUT2D eigenvalue weighted by Gasteiger charge is -2.32.